The van der Waals surface area contributed by atoms with E-state index in [0.29, 0.717) is 22.5 Å². The zero-order valence-electron chi connectivity index (χ0n) is 18.0. The van der Waals surface area contributed by atoms with Crippen molar-refractivity contribution in [1.82, 2.24) is 20.0 Å². The van der Waals surface area contributed by atoms with Gasteiger partial charge in [0.15, 0.2) is 23.3 Å². The van der Waals surface area contributed by atoms with E-state index in [1.165, 1.54) is 31.4 Å². The van der Waals surface area contributed by atoms with Crippen LogP contribution < -0.4 is 27.2 Å². The number of hydroxylamine groups is 2. The molecule has 3 aromatic rings. The number of hydrogen-bond acceptors (Lipinski definition) is 10. The van der Waals surface area contributed by atoms with Gasteiger partial charge in [0.25, 0.3) is 0 Å². The number of anilines is 3. The fraction of sp³-hybridized carbons (Fsp3) is 0.143. The molecule has 1 amide bonds. The van der Waals surface area contributed by atoms with Crippen LogP contribution in [0.1, 0.15) is 17.0 Å². The first-order valence-electron chi connectivity index (χ1n) is 9.55. The van der Waals surface area contributed by atoms with Crippen molar-refractivity contribution in [3.8, 4) is 5.75 Å². The van der Waals surface area contributed by atoms with Crippen LogP contribution in [0.25, 0.3) is 5.57 Å². The molecule has 0 aliphatic heterocycles. The van der Waals surface area contributed by atoms with Crippen molar-refractivity contribution in [3.63, 3.8) is 0 Å². The van der Waals surface area contributed by atoms with Gasteiger partial charge in [-0.1, -0.05) is 24.8 Å². The van der Waals surface area contributed by atoms with Gasteiger partial charge in [-0.15, -0.1) is 5.06 Å². The summed E-state index contributed by atoms with van der Waals surface area (Å²) in [5.74, 6) is 5.84. The van der Waals surface area contributed by atoms with E-state index in [1.807, 2.05) is 0 Å². The van der Waals surface area contributed by atoms with Gasteiger partial charge in [0, 0.05) is 22.9 Å². The van der Waals surface area contributed by atoms with Crippen LogP contribution in [0, 0.1) is 5.82 Å². The van der Waals surface area contributed by atoms with E-state index in [-0.39, 0.29) is 35.6 Å². The monoisotopic (exact) mass is 454 g/mol. The number of hydrazine groups is 1. The van der Waals surface area contributed by atoms with E-state index in [9.17, 15) is 9.18 Å². The molecule has 0 radical (unpaired) electrons. The summed E-state index contributed by atoms with van der Waals surface area (Å²) in [6.45, 7) is 4.08. The molecule has 0 atom stereocenters. The lowest BCUT2D eigenvalue weighted by Gasteiger charge is -2.22. The minimum absolute atomic E-state index is 0.0573. The number of benzene rings is 1. The Bertz CT molecular complexity index is 1170. The standard InChI is InChI=1S/C21H23FN8O3/c1-12(19-27-17(23)16(18(24)28-19)33-29(2)21(31)32-3)14-8-6-10-26-20(14)30(25)11-13-7-4-5-9-15(13)22/h4-10H,1,11,25H2,2-3H3,(H4,23,24,27,28). The molecule has 0 saturated carbocycles. The van der Waals surface area contributed by atoms with E-state index >= 15 is 0 Å². The van der Waals surface area contributed by atoms with Crippen LogP contribution in [0.3, 0.4) is 0 Å². The lowest BCUT2D eigenvalue weighted by atomic mass is 10.1. The number of amides is 1. The molecule has 11 nitrogen and oxygen atoms in total. The van der Waals surface area contributed by atoms with Crippen molar-refractivity contribution < 1.29 is 18.8 Å². The van der Waals surface area contributed by atoms with Crippen LogP contribution in [0.4, 0.5) is 26.6 Å². The molecule has 0 unspecified atom stereocenters. The van der Waals surface area contributed by atoms with Gasteiger partial charge in [-0.05, 0) is 18.2 Å². The van der Waals surface area contributed by atoms with Gasteiger partial charge in [-0.2, -0.15) is 0 Å². The average molecular weight is 454 g/mol. The largest absolute Gasteiger partial charge is 0.451 e. The molecule has 2 heterocycles. The molecule has 2 aromatic heterocycles. The Labute approximate surface area is 189 Å². The van der Waals surface area contributed by atoms with Gasteiger partial charge >= 0.3 is 6.09 Å². The van der Waals surface area contributed by atoms with Crippen molar-refractivity contribution in [2.45, 2.75) is 6.54 Å². The Morgan fingerprint density at radius 1 is 1.15 bits per heavy atom. The zero-order valence-corrected chi connectivity index (χ0v) is 18.0. The quantitative estimate of drug-likeness (QED) is 0.356. The molecule has 0 saturated heterocycles. The third kappa shape index (κ3) is 5.07. The van der Waals surface area contributed by atoms with Crippen molar-refractivity contribution in [1.29, 1.82) is 0 Å². The molecular weight excluding hydrogens is 431 g/mol. The van der Waals surface area contributed by atoms with Crippen LogP contribution in [-0.2, 0) is 11.3 Å². The number of pyridine rings is 1. The van der Waals surface area contributed by atoms with Crippen LogP contribution in [0.2, 0.25) is 0 Å². The van der Waals surface area contributed by atoms with Crippen molar-refractivity contribution in [2.24, 2.45) is 5.84 Å². The third-order valence-corrected chi connectivity index (χ3v) is 4.53. The highest BCUT2D eigenvalue weighted by Gasteiger charge is 2.21. The number of methoxy groups -OCH3 is 1. The van der Waals surface area contributed by atoms with Gasteiger partial charge in [0.2, 0.25) is 5.75 Å². The van der Waals surface area contributed by atoms with E-state index in [1.54, 1.807) is 30.3 Å². The number of ether oxygens (including phenoxy) is 1. The molecule has 33 heavy (non-hydrogen) atoms. The van der Waals surface area contributed by atoms with Gasteiger partial charge in [0.05, 0.1) is 20.7 Å². The van der Waals surface area contributed by atoms with E-state index < -0.39 is 6.09 Å². The number of hydrogen-bond donors (Lipinski definition) is 3. The smallest absolute Gasteiger partial charge is 0.442 e. The van der Waals surface area contributed by atoms with Crippen LogP contribution in [-0.4, -0.2) is 40.3 Å². The van der Waals surface area contributed by atoms with E-state index in [2.05, 4.69) is 26.3 Å². The van der Waals surface area contributed by atoms with Crippen LogP contribution >= 0.6 is 0 Å². The predicted octanol–water partition coefficient (Wildman–Crippen LogP) is 2.11. The SMILES string of the molecule is C=C(c1nc(N)c(ON(C)C(=O)OC)c(N)n1)c1cccnc1N(N)Cc1ccccc1F. The van der Waals surface area contributed by atoms with Gasteiger partial charge in [0.1, 0.15) is 5.82 Å². The number of carbonyl (C=O) groups is 1. The molecule has 6 N–H and O–H groups in total. The number of aromatic nitrogens is 3. The summed E-state index contributed by atoms with van der Waals surface area (Å²) in [7, 11) is 2.50. The molecular formula is C21H23FN8O3. The lowest BCUT2D eigenvalue weighted by Crippen LogP contribution is -2.32. The summed E-state index contributed by atoms with van der Waals surface area (Å²) in [6.07, 6.45) is 0.761. The Balaban J connectivity index is 1.90. The summed E-state index contributed by atoms with van der Waals surface area (Å²) < 4.78 is 18.6. The summed E-state index contributed by atoms with van der Waals surface area (Å²) >= 11 is 0. The number of carbonyl (C=O) groups excluding carboxylic acids is 1. The second kappa shape index (κ2) is 9.78. The highest BCUT2D eigenvalue weighted by molar-refractivity contribution is 5.82. The van der Waals surface area contributed by atoms with Gasteiger partial charge in [-0.3, -0.25) is 5.01 Å². The molecule has 0 spiro atoms. The number of halogens is 1. The molecule has 1 aromatic carbocycles. The minimum Gasteiger partial charge on any atom is -0.451 e. The first-order valence-corrected chi connectivity index (χ1v) is 9.55. The summed E-state index contributed by atoms with van der Waals surface area (Å²) in [5.41, 5.74) is 13.1. The predicted molar refractivity (Wildman–Crippen MR) is 121 cm³/mol. The van der Waals surface area contributed by atoms with E-state index in [0.717, 1.165) is 5.06 Å². The van der Waals surface area contributed by atoms with Crippen LogP contribution in [0.15, 0.2) is 49.2 Å². The lowest BCUT2D eigenvalue weighted by molar-refractivity contribution is -0.0197. The third-order valence-electron chi connectivity index (χ3n) is 4.53. The molecule has 3 rings (SSSR count). The highest BCUT2D eigenvalue weighted by Crippen LogP contribution is 2.32. The first kappa shape index (κ1) is 23.2. The summed E-state index contributed by atoms with van der Waals surface area (Å²) in [6, 6.07) is 9.66. The first-order chi connectivity index (χ1) is 15.7. The van der Waals surface area contributed by atoms with Gasteiger partial charge < -0.3 is 21.0 Å². The number of nitrogens with zero attached hydrogens (tertiary/aromatic N) is 5. The second-order valence-corrected chi connectivity index (χ2v) is 6.78. The Morgan fingerprint density at radius 2 is 1.82 bits per heavy atom. The topological polar surface area (TPSA) is 159 Å². The number of rotatable bonds is 7. The minimum atomic E-state index is -0.778. The molecule has 0 fully saturated rings. The van der Waals surface area contributed by atoms with E-state index in [4.69, 9.17) is 22.1 Å². The van der Waals surface area contributed by atoms with Crippen molar-refractivity contribution in [3.05, 3.63) is 71.9 Å². The van der Waals surface area contributed by atoms with Crippen LogP contribution in [0.5, 0.6) is 5.75 Å². The van der Waals surface area contributed by atoms with Crippen molar-refractivity contribution in [2.75, 3.05) is 30.6 Å². The molecule has 0 aliphatic rings. The highest BCUT2D eigenvalue weighted by atomic mass is 19.1. The zero-order chi connectivity index (χ0) is 24.1. The fourth-order valence-corrected chi connectivity index (χ4v) is 2.88. The maximum absolute atomic E-state index is 14.1. The maximum atomic E-state index is 14.1. The van der Waals surface area contributed by atoms with Gasteiger partial charge in [-0.25, -0.2) is 30.0 Å². The average Bonchev–Trinajstić information content (AvgIpc) is 2.81. The number of nitrogens with two attached hydrogens (primary N) is 3. The molecule has 0 bridgehead atoms. The number of nitrogen functional groups attached to an aromatic ring is 2. The fourth-order valence-electron chi connectivity index (χ4n) is 2.88. The summed E-state index contributed by atoms with van der Waals surface area (Å²) in [4.78, 5) is 29.5. The Morgan fingerprint density at radius 3 is 2.45 bits per heavy atom. The second-order valence-electron chi connectivity index (χ2n) is 6.78. The normalized spacial score (nSPS) is 10.4. The molecule has 172 valence electrons. The summed E-state index contributed by atoms with van der Waals surface area (Å²) in [5, 5.41) is 2.07. The molecule has 12 heteroatoms. The Hall–Kier alpha value is -4.45. The van der Waals surface area contributed by atoms with Crippen molar-refractivity contribution >= 4 is 29.1 Å². The maximum Gasteiger partial charge on any atom is 0.442 e. The Kier molecular flexibility index (Phi) is 6.88. The molecule has 0 aliphatic carbocycles.